The van der Waals surface area contributed by atoms with Crippen molar-refractivity contribution in [1.29, 1.82) is 0 Å². The van der Waals surface area contributed by atoms with Crippen LogP contribution in [0.5, 0.6) is 0 Å². The smallest absolute Gasteiger partial charge is 1.00 e. The molecule has 4 aromatic carbocycles. The molecule has 2 aliphatic rings. The van der Waals surface area contributed by atoms with E-state index < -0.39 is 28.4 Å². The number of hydrogen-bond acceptors (Lipinski definition) is 0. The van der Waals surface area contributed by atoms with E-state index in [1.54, 1.807) is 11.1 Å². The summed E-state index contributed by atoms with van der Waals surface area (Å²) < 4.78 is 3.79. The van der Waals surface area contributed by atoms with Gasteiger partial charge in [-0.1, -0.05) is 0 Å². The van der Waals surface area contributed by atoms with Crippen LogP contribution in [-0.4, -0.2) is 10.1 Å². The van der Waals surface area contributed by atoms with Gasteiger partial charge in [0.15, 0.2) is 0 Å². The van der Waals surface area contributed by atoms with Crippen molar-refractivity contribution in [2.75, 3.05) is 0 Å². The summed E-state index contributed by atoms with van der Waals surface area (Å²) in [7, 11) is -1.15. The molecule has 2 atom stereocenters. The second kappa shape index (κ2) is 12.7. The first-order chi connectivity index (χ1) is 18.3. The van der Waals surface area contributed by atoms with E-state index in [0.29, 0.717) is 11.8 Å². The number of halogens is 2. The predicted molar refractivity (Wildman–Crippen MR) is 165 cm³/mol. The first-order valence-electron chi connectivity index (χ1n) is 13.9. The summed E-state index contributed by atoms with van der Waals surface area (Å²) in [5.41, 5.74) is 8.98. The predicted octanol–water partition coefficient (Wildman–Crippen LogP) is 4.18. The van der Waals surface area contributed by atoms with Crippen LogP contribution in [0.15, 0.2) is 115 Å². The SMILES string of the molecule is CC1=[C]([Hf+2]([C]2=C(C)C(c3ccc4ccccc4c3)=CC2C)=[Ge]([CH3])[CH3])C(C)C=C1c1ccc2ccccc2c1.[Cl-].[Cl-]. The van der Waals surface area contributed by atoms with Crippen LogP contribution in [0.25, 0.3) is 32.7 Å². The van der Waals surface area contributed by atoms with Crippen molar-refractivity contribution in [2.45, 2.75) is 39.2 Å². The van der Waals surface area contributed by atoms with E-state index in [4.69, 9.17) is 0 Å². The van der Waals surface area contributed by atoms with Crippen molar-refractivity contribution >= 4 is 42.7 Å². The zero-order valence-electron chi connectivity index (χ0n) is 24.1. The van der Waals surface area contributed by atoms with E-state index in [2.05, 4.69) is 136 Å². The normalized spacial score (nSPS) is 18.2. The molecule has 0 bridgehead atoms. The molecule has 4 heteroatoms. The fourth-order valence-corrected chi connectivity index (χ4v) is 52.0. The molecule has 6 rings (SSSR count). The van der Waals surface area contributed by atoms with Gasteiger partial charge in [0.05, 0.1) is 0 Å². The molecule has 0 heterocycles. The molecule has 2 aliphatic carbocycles. The summed E-state index contributed by atoms with van der Waals surface area (Å²) in [5.74, 6) is 6.48. The third-order valence-electron chi connectivity index (χ3n) is 8.52. The Kier molecular flexibility index (Phi) is 9.93. The maximum Gasteiger partial charge on any atom is -1.00 e. The largest absolute Gasteiger partial charge is 1.00 e. The third-order valence-corrected chi connectivity index (χ3v) is 48.4. The van der Waals surface area contributed by atoms with E-state index in [1.165, 1.54) is 43.8 Å². The first-order valence-corrected chi connectivity index (χ1v) is 32.0. The summed E-state index contributed by atoms with van der Waals surface area (Å²) in [6.45, 7) is 9.84. The van der Waals surface area contributed by atoms with Gasteiger partial charge < -0.3 is 24.8 Å². The molecule has 4 aromatic rings. The van der Waals surface area contributed by atoms with Gasteiger partial charge in [-0.15, -0.1) is 0 Å². The number of benzene rings is 4. The number of fused-ring (bicyclic) bond motifs is 2. The molecule has 0 saturated carbocycles. The molecular formula is C36H36Cl2GeHf. The Morgan fingerprint density at radius 3 is 1.30 bits per heavy atom. The van der Waals surface area contributed by atoms with E-state index in [9.17, 15) is 0 Å². The topological polar surface area (TPSA) is 0 Å². The van der Waals surface area contributed by atoms with Gasteiger partial charge in [0.2, 0.25) is 0 Å². The second-order valence-electron chi connectivity index (χ2n) is 11.3. The molecule has 0 amide bonds. The Morgan fingerprint density at radius 1 is 0.550 bits per heavy atom. The summed E-state index contributed by atoms with van der Waals surface area (Å²) in [6.07, 6.45) is 5.18. The molecule has 0 spiro atoms. The Hall–Kier alpha value is -1.65. The molecule has 0 aromatic heterocycles. The number of hydrogen-bond donors (Lipinski definition) is 0. The standard InChI is InChI=1S/2C17H15.C2H6Ge.2ClH.Hf/c2*1-12-9-13(2)17(10-12)16-8-7-14-5-3-4-6-15(14)11-16;1-3-2;;;/h2*3-8,10-12H,1-2H3;1-2H3;2*1H;/q;;;;;+2/p-2. The Labute approximate surface area is 260 Å². The molecule has 0 N–H and O–H groups in total. The van der Waals surface area contributed by atoms with Crippen molar-refractivity contribution in [2.24, 2.45) is 11.8 Å². The van der Waals surface area contributed by atoms with E-state index in [0.717, 1.165) is 0 Å². The Bertz CT molecular complexity index is 1660. The van der Waals surface area contributed by atoms with E-state index in [1.807, 2.05) is 6.66 Å². The average molecular weight is 791 g/mol. The van der Waals surface area contributed by atoms with Crippen molar-refractivity contribution < 1.29 is 43.2 Å². The van der Waals surface area contributed by atoms with Gasteiger partial charge >= 0.3 is 238 Å². The minimum Gasteiger partial charge on any atom is -1.00 e. The number of rotatable bonds is 4. The quantitative estimate of drug-likeness (QED) is 0.273. The maximum absolute atomic E-state index is 2.67. The van der Waals surface area contributed by atoms with Crippen molar-refractivity contribution in [3.8, 4) is 0 Å². The van der Waals surface area contributed by atoms with Gasteiger partial charge in [0.1, 0.15) is 0 Å². The second-order valence-corrected chi connectivity index (χ2v) is 49.3. The van der Waals surface area contributed by atoms with Gasteiger partial charge in [0, 0.05) is 0 Å². The van der Waals surface area contributed by atoms with Crippen LogP contribution in [0.2, 0.25) is 11.5 Å². The molecule has 0 nitrogen and oxygen atoms in total. The molecule has 202 valence electrons. The zero-order chi connectivity index (χ0) is 26.6. The summed E-state index contributed by atoms with van der Waals surface area (Å²) in [5, 5.41) is 5.33. The summed E-state index contributed by atoms with van der Waals surface area (Å²) in [6, 6.07) is 31.6. The third kappa shape index (κ3) is 5.57. The summed E-state index contributed by atoms with van der Waals surface area (Å²) >= 11 is -2.23. The van der Waals surface area contributed by atoms with Crippen LogP contribution in [-0.2, 0) is 18.3 Å². The molecular weight excluding hydrogens is 754 g/mol. The van der Waals surface area contributed by atoms with Crippen LogP contribution in [0.1, 0.15) is 38.8 Å². The van der Waals surface area contributed by atoms with Crippen molar-refractivity contribution in [1.82, 2.24) is 0 Å². The van der Waals surface area contributed by atoms with Gasteiger partial charge in [-0.3, -0.25) is 0 Å². The molecule has 0 aliphatic heterocycles. The molecule has 0 radical (unpaired) electrons. The van der Waals surface area contributed by atoms with E-state index in [-0.39, 0.29) is 24.8 Å². The van der Waals surface area contributed by atoms with Crippen molar-refractivity contribution in [3.63, 3.8) is 0 Å². The van der Waals surface area contributed by atoms with Gasteiger partial charge in [-0.05, 0) is 0 Å². The van der Waals surface area contributed by atoms with Crippen LogP contribution < -0.4 is 24.8 Å². The van der Waals surface area contributed by atoms with Crippen molar-refractivity contribution in [3.05, 3.63) is 126 Å². The van der Waals surface area contributed by atoms with Crippen LogP contribution in [0, 0.1) is 11.8 Å². The van der Waals surface area contributed by atoms with Gasteiger partial charge in [-0.2, -0.15) is 0 Å². The van der Waals surface area contributed by atoms with Crippen LogP contribution in [0.4, 0.5) is 0 Å². The average Bonchev–Trinajstić information content (AvgIpc) is 3.38. The molecule has 2 unspecified atom stereocenters. The minimum atomic E-state index is -2.23. The molecule has 0 fully saturated rings. The maximum atomic E-state index is 2.67. The van der Waals surface area contributed by atoms with Gasteiger partial charge in [-0.25, -0.2) is 0 Å². The Balaban J connectivity index is 0.00000185. The van der Waals surface area contributed by atoms with Crippen LogP contribution in [0.3, 0.4) is 0 Å². The monoisotopic (exact) mass is 792 g/mol. The van der Waals surface area contributed by atoms with E-state index >= 15 is 0 Å². The van der Waals surface area contributed by atoms with Crippen LogP contribution >= 0.6 is 0 Å². The first kappa shape index (κ1) is 31.3. The fraction of sp³-hybridized carbons (Fsp3) is 0.222. The molecule has 0 saturated heterocycles. The fourth-order valence-electron chi connectivity index (χ4n) is 6.74. The zero-order valence-corrected chi connectivity index (χ0v) is 31.4. The van der Waals surface area contributed by atoms with Gasteiger partial charge in [0.25, 0.3) is 0 Å². The molecule has 40 heavy (non-hydrogen) atoms. The minimum absolute atomic E-state index is 0. The summed E-state index contributed by atoms with van der Waals surface area (Å²) in [4.78, 5) is 0. The Morgan fingerprint density at radius 2 is 0.925 bits per heavy atom. The number of allylic oxidation sites excluding steroid dienone is 8.